The van der Waals surface area contributed by atoms with Crippen LogP contribution in [0.5, 0.6) is 0 Å². The summed E-state index contributed by atoms with van der Waals surface area (Å²) in [5.74, 6) is -0.557. The molecule has 0 saturated heterocycles. The molecule has 5 heteroatoms. The van der Waals surface area contributed by atoms with E-state index >= 15 is 0 Å². The zero-order chi connectivity index (χ0) is 14.0. The number of nitrogens with zero attached hydrogens (tertiary/aromatic N) is 1. The zero-order valence-corrected chi connectivity index (χ0v) is 10.8. The molecule has 0 aromatic heterocycles. The Morgan fingerprint density at radius 2 is 2.11 bits per heavy atom. The summed E-state index contributed by atoms with van der Waals surface area (Å²) in [4.78, 5) is 11.7. The molecule has 0 heterocycles. The van der Waals surface area contributed by atoms with Crippen LogP contribution in [0.25, 0.3) is 0 Å². The van der Waals surface area contributed by atoms with E-state index < -0.39 is 11.4 Å². The molecule has 1 aromatic rings. The summed E-state index contributed by atoms with van der Waals surface area (Å²) in [6.07, 6.45) is 2.48. The van der Waals surface area contributed by atoms with Crippen molar-refractivity contribution in [3.8, 4) is 0 Å². The van der Waals surface area contributed by atoms with E-state index in [0.29, 0.717) is 12.0 Å². The van der Waals surface area contributed by atoms with Gasteiger partial charge in [-0.25, -0.2) is 0 Å². The first-order valence-electron chi connectivity index (χ1n) is 6.38. The van der Waals surface area contributed by atoms with Gasteiger partial charge in [0.2, 0.25) is 0 Å². The second-order valence-corrected chi connectivity index (χ2v) is 4.98. The van der Waals surface area contributed by atoms with Crippen LogP contribution in [-0.4, -0.2) is 22.1 Å². The Kier molecular flexibility index (Phi) is 3.46. The van der Waals surface area contributed by atoms with Gasteiger partial charge in [0.05, 0.1) is 5.41 Å². The fourth-order valence-electron chi connectivity index (χ4n) is 2.97. The van der Waals surface area contributed by atoms with Crippen molar-refractivity contribution in [2.45, 2.75) is 31.6 Å². The summed E-state index contributed by atoms with van der Waals surface area (Å²) < 4.78 is 0. The van der Waals surface area contributed by atoms with Gasteiger partial charge in [-0.1, -0.05) is 42.8 Å². The standard InChI is InChI=1S/C14H18N2O3/c1-2-10-7-8-14(10,13(17)18)11-5-3-9(4-6-11)12(15)16-19/h3-6,10,19H,2,7-8H2,1H3,(H2,15,16)(H,17,18). The van der Waals surface area contributed by atoms with Crippen molar-refractivity contribution in [3.63, 3.8) is 0 Å². The largest absolute Gasteiger partial charge is 0.481 e. The maximum Gasteiger partial charge on any atom is 0.314 e. The van der Waals surface area contributed by atoms with E-state index in [1.165, 1.54) is 0 Å². The summed E-state index contributed by atoms with van der Waals surface area (Å²) in [5, 5.41) is 21.1. The molecule has 0 aliphatic heterocycles. The third-order valence-electron chi connectivity index (χ3n) is 4.26. The van der Waals surface area contributed by atoms with Gasteiger partial charge in [0.25, 0.3) is 0 Å². The highest BCUT2D eigenvalue weighted by Crippen LogP contribution is 2.50. The first-order valence-corrected chi connectivity index (χ1v) is 6.38. The average Bonchev–Trinajstić information content (AvgIpc) is 2.38. The van der Waals surface area contributed by atoms with Gasteiger partial charge in [0.15, 0.2) is 5.84 Å². The topological polar surface area (TPSA) is 95.9 Å². The molecule has 1 aliphatic rings. The molecular weight excluding hydrogens is 244 g/mol. The van der Waals surface area contributed by atoms with Crippen molar-refractivity contribution in [3.05, 3.63) is 35.4 Å². The summed E-state index contributed by atoms with van der Waals surface area (Å²) in [7, 11) is 0. The van der Waals surface area contributed by atoms with E-state index in [0.717, 1.165) is 18.4 Å². The van der Waals surface area contributed by atoms with Crippen molar-refractivity contribution in [2.75, 3.05) is 0 Å². The highest BCUT2D eigenvalue weighted by Gasteiger charge is 2.53. The van der Waals surface area contributed by atoms with Crippen molar-refractivity contribution in [1.82, 2.24) is 0 Å². The molecule has 2 rings (SSSR count). The molecule has 0 bridgehead atoms. The third kappa shape index (κ3) is 1.95. The summed E-state index contributed by atoms with van der Waals surface area (Å²) in [6.45, 7) is 2.02. The van der Waals surface area contributed by atoms with Gasteiger partial charge >= 0.3 is 5.97 Å². The Labute approximate surface area is 111 Å². The van der Waals surface area contributed by atoms with Gasteiger partial charge < -0.3 is 16.0 Å². The lowest BCUT2D eigenvalue weighted by molar-refractivity contribution is -0.151. The molecule has 19 heavy (non-hydrogen) atoms. The van der Waals surface area contributed by atoms with Crippen molar-refractivity contribution < 1.29 is 15.1 Å². The minimum absolute atomic E-state index is 0.0246. The molecule has 0 spiro atoms. The van der Waals surface area contributed by atoms with E-state index in [-0.39, 0.29) is 11.8 Å². The minimum atomic E-state index is -0.765. The maximum atomic E-state index is 11.7. The molecule has 1 fully saturated rings. The monoisotopic (exact) mass is 262 g/mol. The number of hydrogen-bond acceptors (Lipinski definition) is 3. The number of benzene rings is 1. The molecule has 0 radical (unpaired) electrons. The number of nitrogens with two attached hydrogens (primary N) is 1. The van der Waals surface area contributed by atoms with Crippen LogP contribution in [0, 0.1) is 5.92 Å². The molecule has 5 nitrogen and oxygen atoms in total. The Balaban J connectivity index is 2.37. The Hall–Kier alpha value is -2.04. The lowest BCUT2D eigenvalue weighted by atomic mass is 9.56. The van der Waals surface area contributed by atoms with E-state index in [1.807, 2.05) is 6.92 Å². The fourth-order valence-corrected chi connectivity index (χ4v) is 2.97. The average molecular weight is 262 g/mol. The first kappa shape index (κ1) is 13.4. The Morgan fingerprint density at radius 3 is 2.47 bits per heavy atom. The van der Waals surface area contributed by atoms with Crippen LogP contribution in [0.4, 0.5) is 0 Å². The fraction of sp³-hybridized carbons (Fsp3) is 0.429. The smallest absolute Gasteiger partial charge is 0.314 e. The quantitative estimate of drug-likeness (QED) is 0.334. The zero-order valence-electron chi connectivity index (χ0n) is 10.8. The van der Waals surface area contributed by atoms with Crippen LogP contribution in [-0.2, 0) is 10.2 Å². The number of aliphatic carboxylic acids is 1. The highest BCUT2D eigenvalue weighted by molar-refractivity contribution is 5.97. The SMILES string of the molecule is CCC1CCC1(C(=O)O)c1ccc(C(N)=NO)cc1. The number of rotatable bonds is 4. The van der Waals surface area contributed by atoms with Crippen LogP contribution < -0.4 is 5.73 Å². The van der Waals surface area contributed by atoms with Crippen LogP contribution in [0.15, 0.2) is 29.4 Å². The lowest BCUT2D eigenvalue weighted by Crippen LogP contribution is -2.50. The lowest BCUT2D eigenvalue weighted by Gasteiger charge is -2.46. The van der Waals surface area contributed by atoms with Gasteiger partial charge in [-0.2, -0.15) is 0 Å². The minimum Gasteiger partial charge on any atom is -0.481 e. The van der Waals surface area contributed by atoms with Crippen molar-refractivity contribution in [1.29, 1.82) is 0 Å². The van der Waals surface area contributed by atoms with Gasteiger partial charge in [-0.15, -0.1) is 0 Å². The van der Waals surface area contributed by atoms with E-state index in [4.69, 9.17) is 10.9 Å². The Bertz CT molecular complexity index is 508. The molecule has 2 unspecified atom stereocenters. The van der Waals surface area contributed by atoms with E-state index in [2.05, 4.69) is 5.16 Å². The first-order chi connectivity index (χ1) is 9.06. The molecule has 0 amide bonds. The van der Waals surface area contributed by atoms with Crippen molar-refractivity contribution in [2.24, 2.45) is 16.8 Å². The van der Waals surface area contributed by atoms with E-state index in [1.54, 1.807) is 24.3 Å². The second kappa shape index (κ2) is 4.91. The van der Waals surface area contributed by atoms with Gasteiger partial charge in [-0.05, 0) is 24.3 Å². The predicted octanol–water partition coefficient (Wildman–Crippen LogP) is 1.92. The number of hydrogen-bond donors (Lipinski definition) is 3. The molecule has 1 aromatic carbocycles. The molecular formula is C14H18N2O3. The summed E-state index contributed by atoms with van der Waals surface area (Å²) in [6, 6.07) is 6.92. The molecule has 102 valence electrons. The van der Waals surface area contributed by atoms with E-state index in [9.17, 15) is 9.90 Å². The molecule has 1 aliphatic carbocycles. The normalized spacial score (nSPS) is 26.8. The number of oxime groups is 1. The van der Waals surface area contributed by atoms with Gasteiger partial charge in [0, 0.05) is 5.56 Å². The molecule has 1 saturated carbocycles. The second-order valence-electron chi connectivity index (χ2n) is 4.98. The van der Waals surface area contributed by atoms with Crippen molar-refractivity contribution >= 4 is 11.8 Å². The highest BCUT2D eigenvalue weighted by atomic mass is 16.4. The number of carbonyl (C=O) groups is 1. The number of carboxylic acid groups (broad SMARTS) is 1. The van der Waals surface area contributed by atoms with Crippen LogP contribution in [0.2, 0.25) is 0 Å². The predicted molar refractivity (Wildman–Crippen MR) is 71.3 cm³/mol. The Morgan fingerprint density at radius 1 is 1.47 bits per heavy atom. The van der Waals surface area contributed by atoms with Crippen LogP contribution >= 0.6 is 0 Å². The molecule has 2 atom stereocenters. The van der Waals surface area contributed by atoms with Crippen LogP contribution in [0.3, 0.4) is 0 Å². The third-order valence-corrected chi connectivity index (χ3v) is 4.26. The van der Waals surface area contributed by atoms with Gasteiger partial charge in [0.1, 0.15) is 0 Å². The number of amidine groups is 1. The summed E-state index contributed by atoms with van der Waals surface area (Å²) in [5.41, 5.74) is 6.11. The number of carboxylic acids is 1. The summed E-state index contributed by atoms with van der Waals surface area (Å²) >= 11 is 0. The maximum absolute atomic E-state index is 11.7. The van der Waals surface area contributed by atoms with Crippen LogP contribution in [0.1, 0.15) is 37.3 Å². The van der Waals surface area contributed by atoms with Gasteiger partial charge in [-0.3, -0.25) is 4.79 Å². The molecule has 4 N–H and O–H groups in total.